The first-order valence-electron chi connectivity index (χ1n) is 1.79. The van der Waals surface area contributed by atoms with E-state index >= 15 is 0 Å². The van der Waals surface area contributed by atoms with Crippen LogP contribution in [0.15, 0.2) is 0 Å². The maximum absolute atomic E-state index is 7.33. The molecule has 0 aliphatic rings. The summed E-state index contributed by atoms with van der Waals surface area (Å²) in [5.41, 5.74) is 0. The van der Waals surface area contributed by atoms with Crippen molar-refractivity contribution in [2.75, 3.05) is 0 Å². The monoisotopic (exact) mass is 658 g/mol. The summed E-state index contributed by atoms with van der Waals surface area (Å²) in [5, 5.41) is 0. The van der Waals surface area contributed by atoms with E-state index in [2.05, 4.69) is 0 Å². The van der Waals surface area contributed by atoms with E-state index in [4.69, 9.17) is 38.4 Å². The molecule has 0 bridgehead atoms. The minimum Gasteiger partial charge on any atom is 0 e. The van der Waals surface area contributed by atoms with Gasteiger partial charge in [-0.25, -0.2) is 0 Å². The van der Waals surface area contributed by atoms with Crippen molar-refractivity contribution in [3.05, 3.63) is 0 Å². The van der Waals surface area contributed by atoms with Crippen LogP contribution in [0.2, 0.25) is 0 Å². The van der Waals surface area contributed by atoms with E-state index in [1.54, 1.807) is 0 Å². The zero-order valence-corrected chi connectivity index (χ0v) is 16.5. The fourth-order valence-corrected chi connectivity index (χ4v) is 0. The predicted molar refractivity (Wildman–Crippen MR) is 63.4 cm³/mol. The van der Waals surface area contributed by atoms with E-state index in [0.717, 1.165) is 0 Å². The molecule has 0 fully saturated rings. The van der Waals surface area contributed by atoms with Crippen molar-refractivity contribution >= 4 is 140 Å². The summed E-state index contributed by atoms with van der Waals surface area (Å²) < 4.78 is 0. The number of rotatable bonds is 0. The van der Waals surface area contributed by atoms with Crippen molar-refractivity contribution in [2.24, 2.45) is 0 Å². The van der Waals surface area contributed by atoms with Crippen LogP contribution in [0.5, 0.6) is 0 Å². The van der Waals surface area contributed by atoms with E-state index in [-0.39, 0.29) is 142 Å². The zero-order chi connectivity index (χ0) is 9.00. The molecule has 0 amide bonds. The summed E-state index contributed by atoms with van der Waals surface area (Å²) in [4.78, 5) is 58.6. The minimum absolute atomic E-state index is 0. The van der Waals surface area contributed by atoms with Crippen LogP contribution in [-0.4, -0.2) is 179 Å². The van der Waals surface area contributed by atoms with Crippen LogP contribution in [0.1, 0.15) is 0 Å². The molecule has 0 saturated heterocycles. The molecule has 0 rings (SSSR count). The van der Waals surface area contributed by atoms with E-state index in [0.29, 0.717) is 0 Å². The number of hydrogen-bond acceptors (Lipinski definition) is 8. The third-order valence-corrected chi connectivity index (χ3v) is 0. The van der Waals surface area contributed by atoms with Gasteiger partial charge in [0.2, 0.25) is 0 Å². The van der Waals surface area contributed by atoms with Crippen LogP contribution in [-0.2, 0) is 19.5 Å². The number of hydrogen-bond donors (Lipinski definition) is 8. The normalized spacial score (nSPS) is 8.00. The molecule has 2 radical (unpaired) electrons. The third kappa shape index (κ3) is 232. The quantitative estimate of drug-likeness (QED) is 0.119. The van der Waals surface area contributed by atoms with Gasteiger partial charge in [-0.1, -0.05) is 0 Å². The Labute approximate surface area is 194 Å². The Kier molecular flexibility index (Phi) is 60.0. The molecular weight excluding hydrogens is 643 g/mol. The van der Waals surface area contributed by atoms with Crippen molar-refractivity contribution in [1.82, 2.24) is 0 Å². The molecule has 15 heteroatoms. The Morgan fingerprint density at radius 2 is 0.533 bits per heavy atom. The molecule has 15 heavy (non-hydrogen) atoms. The first kappa shape index (κ1) is 42.7. The van der Waals surface area contributed by atoms with Crippen LogP contribution in [0, 0.1) is 0 Å². The fraction of sp³-hybridized carbons (Fsp3) is 0. The van der Waals surface area contributed by atoms with Crippen molar-refractivity contribution in [2.45, 2.75) is 0 Å². The third-order valence-electron chi connectivity index (χ3n) is 0. The van der Waals surface area contributed by atoms with Gasteiger partial charge >= 0.3 is 140 Å². The maximum atomic E-state index is 7.33. The second kappa shape index (κ2) is 21.1. The van der Waals surface area contributed by atoms with E-state index in [1.165, 1.54) is 0 Å². The second-order valence-corrected chi connectivity index (χ2v) is 3.60. The molecular formula is H16BaMg2O8PbSi2Zn. The van der Waals surface area contributed by atoms with Gasteiger partial charge in [0.15, 0.2) is 0 Å². The summed E-state index contributed by atoms with van der Waals surface area (Å²) in [6.07, 6.45) is 0. The summed E-state index contributed by atoms with van der Waals surface area (Å²) in [6, 6.07) is 0. The van der Waals surface area contributed by atoms with E-state index < -0.39 is 18.1 Å². The van der Waals surface area contributed by atoms with Crippen molar-refractivity contribution in [1.29, 1.82) is 0 Å². The van der Waals surface area contributed by atoms with Gasteiger partial charge in [-0.2, -0.15) is 0 Å². The van der Waals surface area contributed by atoms with Gasteiger partial charge in [0.05, 0.1) is 0 Å². The molecule has 0 aromatic heterocycles. The Hall–Kier alpha value is 4.76. The van der Waals surface area contributed by atoms with Gasteiger partial charge in [0.1, 0.15) is 0 Å². The van der Waals surface area contributed by atoms with Gasteiger partial charge in [0.25, 0.3) is 0 Å². The van der Waals surface area contributed by atoms with Crippen LogP contribution in [0.3, 0.4) is 0 Å². The van der Waals surface area contributed by atoms with Gasteiger partial charge in [-0.15, -0.1) is 0 Å². The molecule has 8 nitrogen and oxygen atoms in total. The average molecular weight is 659 g/mol. The molecule has 0 heterocycles. The van der Waals surface area contributed by atoms with Gasteiger partial charge < -0.3 is 38.4 Å². The molecule has 0 aliphatic heterocycles. The predicted octanol–water partition coefficient (Wildman–Crippen LogP) is -8.88. The SMILES string of the molecule is O[Si](O)(O)O.O[Si](O)(O)O.[BaH2].[MgH2].[MgH2].[PbH2].[Zn]. The van der Waals surface area contributed by atoms with Crippen molar-refractivity contribution in [3.8, 4) is 0 Å². The van der Waals surface area contributed by atoms with Crippen LogP contribution in [0.25, 0.3) is 0 Å². The van der Waals surface area contributed by atoms with Crippen molar-refractivity contribution in [3.63, 3.8) is 0 Å². The van der Waals surface area contributed by atoms with Gasteiger partial charge in [-0.05, 0) is 0 Å². The fourth-order valence-electron chi connectivity index (χ4n) is 0. The standard InChI is InChI=1S/Ba.2Mg.2H4O4Si.Pb.Zn.8H/c;;;2*1-5(2,3)4;;;;;;;;;;/h;;;2*1-4H;;;;;;;;;;. The average Bonchev–Trinajstić information content (AvgIpc) is 1.12. The molecule has 0 aliphatic carbocycles. The summed E-state index contributed by atoms with van der Waals surface area (Å²) >= 11 is 0. The summed E-state index contributed by atoms with van der Waals surface area (Å²) in [5.74, 6) is 0. The first-order chi connectivity index (χ1) is 4.00. The minimum atomic E-state index is -4.61. The van der Waals surface area contributed by atoms with E-state index in [1.807, 2.05) is 0 Å². The molecule has 0 aromatic carbocycles. The molecule has 0 atom stereocenters. The second-order valence-electron chi connectivity index (χ2n) is 1.20. The van der Waals surface area contributed by atoms with E-state index in [9.17, 15) is 0 Å². The molecule has 8 N–H and O–H groups in total. The largest absolute Gasteiger partial charge is 0 e. The summed E-state index contributed by atoms with van der Waals surface area (Å²) in [6.45, 7) is 0. The Morgan fingerprint density at radius 3 is 0.533 bits per heavy atom. The molecule has 84 valence electrons. The Morgan fingerprint density at radius 1 is 0.533 bits per heavy atom. The Balaban J connectivity index is -0.0000000128. The van der Waals surface area contributed by atoms with Gasteiger partial charge in [-0.3, -0.25) is 0 Å². The molecule has 0 aromatic rings. The Bertz CT molecular complexity index is 73.6. The van der Waals surface area contributed by atoms with Crippen molar-refractivity contribution < 1.29 is 57.8 Å². The molecule has 0 spiro atoms. The maximum Gasteiger partial charge on any atom is 0 e. The molecule has 0 unspecified atom stereocenters. The smallest absolute Gasteiger partial charge is 0 e. The topological polar surface area (TPSA) is 162 Å². The molecule has 0 saturated carbocycles. The summed E-state index contributed by atoms with van der Waals surface area (Å²) in [7, 11) is -9.22. The van der Waals surface area contributed by atoms with Crippen LogP contribution >= 0.6 is 0 Å². The first-order valence-corrected chi connectivity index (χ1v) is 5.37. The van der Waals surface area contributed by atoms with Crippen LogP contribution < -0.4 is 0 Å². The zero-order valence-electron chi connectivity index (χ0n) is 5.99. The van der Waals surface area contributed by atoms with Gasteiger partial charge in [0, 0.05) is 19.5 Å². The van der Waals surface area contributed by atoms with Crippen LogP contribution in [0.4, 0.5) is 0 Å².